The van der Waals surface area contributed by atoms with Gasteiger partial charge in [0.1, 0.15) is 16.7 Å². The smallest absolute Gasteiger partial charge is 0.335 e. The highest BCUT2D eigenvalue weighted by Gasteiger charge is 2.11. The quantitative estimate of drug-likeness (QED) is 0.415. The van der Waals surface area contributed by atoms with Gasteiger partial charge < -0.3 is 4.74 Å². The molecule has 0 fully saturated rings. The molecule has 0 aliphatic carbocycles. The molecule has 2 aromatic carbocycles. The van der Waals surface area contributed by atoms with Gasteiger partial charge in [0.25, 0.3) is 0 Å². The molecule has 0 unspecified atom stereocenters. The number of para-hydroxylation sites is 2. The third-order valence-electron chi connectivity index (χ3n) is 2.74. The van der Waals surface area contributed by atoms with E-state index in [9.17, 15) is 4.79 Å². The summed E-state index contributed by atoms with van der Waals surface area (Å²) < 4.78 is 5.19. The molecule has 1 heterocycles. The van der Waals surface area contributed by atoms with Crippen LogP contribution in [0.4, 0.5) is 0 Å². The molecule has 0 aliphatic rings. The van der Waals surface area contributed by atoms with Crippen LogP contribution in [0.15, 0.2) is 61.2 Å². The van der Waals surface area contributed by atoms with E-state index in [0.717, 1.165) is 17.1 Å². The van der Waals surface area contributed by atoms with Gasteiger partial charge in [-0.2, -0.15) is 0 Å². The highest BCUT2D eigenvalue weighted by atomic mass is 16.5. The van der Waals surface area contributed by atoms with Crippen molar-refractivity contribution in [2.75, 3.05) is 0 Å². The first-order valence-corrected chi connectivity index (χ1v) is 6.03. The van der Waals surface area contributed by atoms with Gasteiger partial charge in [0.05, 0.1) is 0 Å². The molecule has 0 N–H and O–H groups in total. The van der Waals surface area contributed by atoms with E-state index >= 15 is 0 Å². The summed E-state index contributed by atoms with van der Waals surface area (Å²) in [6.07, 6.45) is 1.11. The first-order valence-electron chi connectivity index (χ1n) is 6.03. The fraction of sp³-hybridized carbons (Fsp3) is 0. The predicted molar refractivity (Wildman–Crippen MR) is 74.7 cm³/mol. The van der Waals surface area contributed by atoms with Crippen LogP contribution in [0.5, 0.6) is 5.75 Å². The van der Waals surface area contributed by atoms with Crippen LogP contribution in [0.25, 0.3) is 16.7 Å². The molecule has 0 aliphatic heterocycles. The first-order chi connectivity index (χ1) is 9.78. The number of carbonyl (C=O) groups excluding carboxylic acids is 1. The molecule has 0 amide bonds. The third kappa shape index (κ3) is 2.16. The number of ether oxygens (including phenoxy) is 1. The Bertz CT molecular complexity index is 759. The van der Waals surface area contributed by atoms with E-state index < -0.39 is 5.97 Å². The number of rotatable bonds is 3. The number of esters is 1. The lowest BCUT2D eigenvalue weighted by molar-refractivity contribution is -0.128. The zero-order chi connectivity index (χ0) is 13.9. The highest BCUT2D eigenvalue weighted by Crippen LogP contribution is 2.22. The van der Waals surface area contributed by atoms with Crippen LogP contribution < -0.4 is 4.74 Å². The monoisotopic (exact) mass is 265 g/mol. The Labute approximate surface area is 115 Å². The van der Waals surface area contributed by atoms with Crippen molar-refractivity contribution in [2.45, 2.75) is 0 Å². The summed E-state index contributed by atoms with van der Waals surface area (Å²) in [4.78, 5) is 12.8. The van der Waals surface area contributed by atoms with Crippen molar-refractivity contribution >= 4 is 17.0 Å². The van der Waals surface area contributed by atoms with Crippen molar-refractivity contribution in [1.29, 1.82) is 0 Å². The lowest BCUT2D eigenvalue weighted by Crippen LogP contribution is -2.08. The molecule has 20 heavy (non-hydrogen) atoms. The molecular weight excluding hydrogens is 254 g/mol. The summed E-state index contributed by atoms with van der Waals surface area (Å²) in [6.45, 7) is 3.38. The van der Waals surface area contributed by atoms with Gasteiger partial charge in [-0.15, -0.1) is 15.0 Å². The van der Waals surface area contributed by atoms with Gasteiger partial charge in [-0.05, 0) is 24.3 Å². The largest absolute Gasteiger partial charge is 0.421 e. The molecule has 98 valence electrons. The number of fused-ring (bicyclic) bond motifs is 1. The minimum absolute atomic E-state index is 0.387. The van der Waals surface area contributed by atoms with Crippen molar-refractivity contribution in [3.8, 4) is 11.4 Å². The minimum atomic E-state index is -0.519. The Morgan fingerprint density at radius 1 is 1.05 bits per heavy atom. The van der Waals surface area contributed by atoms with Gasteiger partial charge in [-0.25, -0.2) is 4.79 Å². The topological polar surface area (TPSA) is 57.0 Å². The SMILES string of the molecule is C=CC(=O)Oc1ccccc1-n1nc2ccccc2n1. The summed E-state index contributed by atoms with van der Waals surface area (Å²) in [5, 5.41) is 8.73. The number of hydrogen-bond acceptors (Lipinski definition) is 4. The van der Waals surface area contributed by atoms with E-state index in [4.69, 9.17) is 4.74 Å². The first kappa shape index (κ1) is 12.1. The lowest BCUT2D eigenvalue weighted by Gasteiger charge is -2.06. The third-order valence-corrected chi connectivity index (χ3v) is 2.74. The minimum Gasteiger partial charge on any atom is -0.421 e. The molecule has 3 rings (SSSR count). The highest BCUT2D eigenvalue weighted by molar-refractivity contribution is 5.84. The van der Waals surface area contributed by atoms with E-state index in [2.05, 4.69) is 16.8 Å². The van der Waals surface area contributed by atoms with Crippen LogP contribution in [0.3, 0.4) is 0 Å². The second-order valence-electron chi connectivity index (χ2n) is 4.07. The van der Waals surface area contributed by atoms with Crippen LogP contribution >= 0.6 is 0 Å². The molecule has 0 saturated heterocycles. The molecule has 3 aromatic rings. The second-order valence-corrected chi connectivity index (χ2v) is 4.07. The molecule has 0 atom stereocenters. The van der Waals surface area contributed by atoms with Crippen molar-refractivity contribution < 1.29 is 9.53 Å². The fourth-order valence-electron chi connectivity index (χ4n) is 1.83. The standard InChI is InChI=1S/C15H11N3O2/c1-2-15(19)20-14-10-6-5-9-13(14)18-16-11-7-3-4-8-12(11)17-18/h2-10H,1H2. The van der Waals surface area contributed by atoms with E-state index in [-0.39, 0.29) is 0 Å². The molecule has 0 radical (unpaired) electrons. The second kappa shape index (κ2) is 4.97. The predicted octanol–water partition coefficient (Wildman–Crippen LogP) is 2.51. The maximum atomic E-state index is 11.3. The Morgan fingerprint density at radius 2 is 1.65 bits per heavy atom. The Morgan fingerprint density at radius 3 is 2.30 bits per heavy atom. The van der Waals surface area contributed by atoms with Crippen molar-refractivity contribution in [3.05, 3.63) is 61.2 Å². The molecule has 5 nitrogen and oxygen atoms in total. The number of hydrogen-bond donors (Lipinski definition) is 0. The number of aromatic nitrogens is 3. The zero-order valence-electron chi connectivity index (χ0n) is 10.6. The Hall–Kier alpha value is -2.95. The zero-order valence-corrected chi connectivity index (χ0v) is 10.6. The van der Waals surface area contributed by atoms with Crippen LogP contribution in [-0.2, 0) is 4.79 Å². The van der Waals surface area contributed by atoms with Crippen molar-refractivity contribution in [3.63, 3.8) is 0 Å². The molecule has 1 aromatic heterocycles. The van der Waals surface area contributed by atoms with Crippen LogP contribution in [0, 0.1) is 0 Å². The molecule has 0 spiro atoms. The van der Waals surface area contributed by atoms with E-state index in [0.29, 0.717) is 11.4 Å². The summed E-state index contributed by atoms with van der Waals surface area (Å²) in [7, 11) is 0. The molecule has 0 bridgehead atoms. The van der Waals surface area contributed by atoms with Gasteiger partial charge in [-0.1, -0.05) is 30.8 Å². The number of carbonyl (C=O) groups is 1. The van der Waals surface area contributed by atoms with Gasteiger partial charge in [0.2, 0.25) is 0 Å². The molecule has 0 saturated carbocycles. The summed E-state index contributed by atoms with van der Waals surface area (Å²) in [6, 6.07) is 14.6. The van der Waals surface area contributed by atoms with Crippen LogP contribution in [0.1, 0.15) is 0 Å². The summed E-state index contributed by atoms with van der Waals surface area (Å²) >= 11 is 0. The van der Waals surface area contributed by atoms with Crippen molar-refractivity contribution in [1.82, 2.24) is 15.0 Å². The van der Waals surface area contributed by atoms with Gasteiger partial charge >= 0.3 is 5.97 Å². The molecular formula is C15H11N3O2. The fourth-order valence-corrected chi connectivity index (χ4v) is 1.83. The maximum Gasteiger partial charge on any atom is 0.335 e. The average molecular weight is 265 g/mol. The van der Waals surface area contributed by atoms with E-state index in [1.807, 2.05) is 30.3 Å². The van der Waals surface area contributed by atoms with E-state index in [1.165, 1.54) is 4.80 Å². The van der Waals surface area contributed by atoms with Gasteiger partial charge in [0.15, 0.2) is 5.75 Å². The van der Waals surface area contributed by atoms with Crippen molar-refractivity contribution in [2.24, 2.45) is 0 Å². The van der Waals surface area contributed by atoms with Gasteiger partial charge in [0, 0.05) is 6.08 Å². The summed E-state index contributed by atoms with van der Waals surface area (Å²) in [5.74, 6) is -0.133. The lowest BCUT2D eigenvalue weighted by atomic mass is 10.3. The maximum absolute atomic E-state index is 11.3. The van der Waals surface area contributed by atoms with Gasteiger partial charge in [-0.3, -0.25) is 0 Å². The summed E-state index contributed by atoms with van der Waals surface area (Å²) in [5.41, 5.74) is 2.15. The number of benzene rings is 2. The number of nitrogens with zero attached hydrogens (tertiary/aromatic N) is 3. The average Bonchev–Trinajstić information content (AvgIpc) is 2.91. The Balaban J connectivity index is 2.09. The Kier molecular flexibility index (Phi) is 3.01. The van der Waals surface area contributed by atoms with Crippen LogP contribution in [0.2, 0.25) is 0 Å². The molecule has 5 heteroatoms. The van der Waals surface area contributed by atoms with E-state index in [1.54, 1.807) is 18.2 Å². The van der Waals surface area contributed by atoms with Crippen LogP contribution in [-0.4, -0.2) is 21.0 Å². The normalized spacial score (nSPS) is 10.4.